The number of fused-ring (bicyclic) bond motifs is 1. The topological polar surface area (TPSA) is 29.1 Å². The normalized spacial score (nSPS) is 14.2. The summed E-state index contributed by atoms with van der Waals surface area (Å²) in [5.74, 6) is 0.0957. The molecule has 1 aliphatic rings. The van der Waals surface area contributed by atoms with Gasteiger partial charge in [0.1, 0.15) is 0 Å². The van der Waals surface area contributed by atoms with Crippen molar-refractivity contribution in [1.29, 1.82) is 0 Å². The molecule has 12 heavy (non-hydrogen) atoms. The van der Waals surface area contributed by atoms with Gasteiger partial charge in [-0.05, 0) is 17.2 Å². The average molecular weight is 226 g/mol. The Morgan fingerprint density at radius 1 is 1.50 bits per heavy atom. The summed E-state index contributed by atoms with van der Waals surface area (Å²) < 4.78 is 0. The van der Waals surface area contributed by atoms with Gasteiger partial charge in [-0.15, -0.1) is 0 Å². The molecule has 0 aliphatic carbocycles. The first-order valence-corrected chi connectivity index (χ1v) is 4.90. The van der Waals surface area contributed by atoms with E-state index in [2.05, 4.69) is 21.2 Å². The van der Waals surface area contributed by atoms with Crippen LogP contribution in [-0.2, 0) is 16.5 Å². The molecule has 2 rings (SSSR count). The predicted molar refractivity (Wildman–Crippen MR) is 51.4 cm³/mol. The molecule has 3 heteroatoms. The average Bonchev–Trinajstić information content (AvgIpc) is 2.44. The van der Waals surface area contributed by atoms with E-state index in [1.54, 1.807) is 0 Å². The minimum atomic E-state index is 0.0957. The van der Waals surface area contributed by atoms with Gasteiger partial charge in [-0.3, -0.25) is 4.79 Å². The largest absolute Gasteiger partial charge is 0.326 e. The van der Waals surface area contributed by atoms with Crippen LogP contribution in [0.15, 0.2) is 18.2 Å². The minimum Gasteiger partial charge on any atom is -0.326 e. The summed E-state index contributed by atoms with van der Waals surface area (Å²) in [7, 11) is 0. The van der Waals surface area contributed by atoms with E-state index < -0.39 is 0 Å². The molecule has 1 aromatic rings. The van der Waals surface area contributed by atoms with Crippen molar-refractivity contribution >= 4 is 27.5 Å². The zero-order chi connectivity index (χ0) is 8.55. The molecule has 2 nitrogen and oxygen atoms in total. The number of carbonyl (C=O) groups excluding carboxylic acids is 1. The van der Waals surface area contributed by atoms with Gasteiger partial charge in [0.25, 0.3) is 0 Å². The van der Waals surface area contributed by atoms with E-state index in [0.29, 0.717) is 6.42 Å². The number of anilines is 1. The Morgan fingerprint density at radius 2 is 2.33 bits per heavy atom. The van der Waals surface area contributed by atoms with Crippen LogP contribution in [0.5, 0.6) is 0 Å². The van der Waals surface area contributed by atoms with Gasteiger partial charge >= 0.3 is 0 Å². The van der Waals surface area contributed by atoms with Gasteiger partial charge in [0, 0.05) is 11.0 Å². The molecule has 0 spiro atoms. The van der Waals surface area contributed by atoms with Crippen molar-refractivity contribution in [2.24, 2.45) is 0 Å². The number of hydrogen-bond acceptors (Lipinski definition) is 1. The molecule has 0 radical (unpaired) electrons. The van der Waals surface area contributed by atoms with E-state index in [-0.39, 0.29) is 5.91 Å². The van der Waals surface area contributed by atoms with Crippen LogP contribution >= 0.6 is 15.9 Å². The van der Waals surface area contributed by atoms with Crippen LogP contribution in [0.2, 0.25) is 0 Å². The summed E-state index contributed by atoms with van der Waals surface area (Å²) in [5, 5.41) is 3.62. The highest BCUT2D eigenvalue weighted by Gasteiger charge is 2.19. The summed E-state index contributed by atoms with van der Waals surface area (Å²) in [6, 6.07) is 5.93. The van der Waals surface area contributed by atoms with E-state index in [0.717, 1.165) is 16.6 Å². The van der Waals surface area contributed by atoms with Crippen molar-refractivity contribution in [2.45, 2.75) is 11.8 Å². The number of amides is 1. The van der Waals surface area contributed by atoms with Gasteiger partial charge in [0.15, 0.2) is 0 Å². The van der Waals surface area contributed by atoms with E-state index in [9.17, 15) is 4.79 Å². The lowest BCUT2D eigenvalue weighted by Gasteiger charge is -2.02. The smallest absolute Gasteiger partial charge is 0.228 e. The Bertz CT molecular complexity index is 335. The van der Waals surface area contributed by atoms with Gasteiger partial charge in [0.2, 0.25) is 5.91 Å². The number of rotatable bonds is 1. The van der Waals surface area contributed by atoms with E-state index >= 15 is 0 Å². The molecule has 62 valence electrons. The number of hydrogen-bond donors (Lipinski definition) is 1. The number of carbonyl (C=O) groups is 1. The second kappa shape index (κ2) is 2.90. The molecule has 1 amide bonds. The van der Waals surface area contributed by atoms with Crippen LogP contribution in [0.25, 0.3) is 0 Å². The molecular weight excluding hydrogens is 218 g/mol. The monoisotopic (exact) mass is 225 g/mol. The first kappa shape index (κ1) is 7.80. The highest BCUT2D eigenvalue weighted by molar-refractivity contribution is 9.08. The van der Waals surface area contributed by atoms with Crippen LogP contribution < -0.4 is 5.32 Å². The van der Waals surface area contributed by atoms with Crippen molar-refractivity contribution in [1.82, 2.24) is 0 Å². The van der Waals surface area contributed by atoms with Crippen LogP contribution in [0.3, 0.4) is 0 Å². The highest BCUT2D eigenvalue weighted by Crippen LogP contribution is 2.27. The van der Waals surface area contributed by atoms with Crippen molar-refractivity contribution < 1.29 is 4.79 Å². The Kier molecular flexibility index (Phi) is 1.89. The standard InChI is InChI=1S/C9H8BrNO/c10-5-6-2-1-3-8-7(6)4-9(12)11-8/h1-3H,4-5H2,(H,11,12). The van der Waals surface area contributed by atoms with Gasteiger partial charge < -0.3 is 5.32 Å². The molecule has 1 heterocycles. The summed E-state index contributed by atoms with van der Waals surface area (Å²) in [5.41, 5.74) is 3.31. The van der Waals surface area contributed by atoms with Crippen LogP contribution in [0, 0.1) is 0 Å². The van der Waals surface area contributed by atoms with Crippen LogP contribution in [0.4, 0.5) is 5.69 Å². The highest BCUT2D eigenvalue weighted by atomic mass is 79.9. The van der Waals surface area contributed by atoms with Gasteiger partial charge in [0.05, 0.1) is 6.42 Å². The SMILES string of the molecule is O=C1Cc2c(CBr)cccc2N1. The van der Waals surface area contributed by atoms with E-state index in [4.69, 9.17) is 0 Å². The fourth-order valence-electron chi connectivity index (χ4n) is 1.44. The minimum absolute atomic E-state index is 0.0957. The van der Waals surface area contributed by atoms with Crippen molar-refractivity contribution in [3.63, 3.8) is 0 Å². The lowest BCUT2D eigenvalue weighted by atomic mass is 10.1. The zero-order valence-electron chi connectivity index (χ0n) is 6.43. The molecule has 0 saturated heterocycles. The maximum absolute atomic E-state index is 11.0. The van der Waals surface area contributed by atoms with E-state index in [1.165, 1.54) is 5.56 Å². The molecular formula is C9H8BrNO. The fourth-order valence-corrected chi connectivity index (χ4v) is 1.97. The molecule has 0 atom stereocenters. The van der Waals surface area contributed by atoms with E-state index in [1.807, 2.05) is 18.2 Å². The molecule has 0 bridgehead atoms. The Hall–Kier alpha value is -0.830. The summed E-state index contributed by atoms with van der Waals surface area (Å²) in [6.07, 6.45) is 0.525. The van der Waals surface area contributed by atoms with Gasteiger partial charge in [-0.25, -0.2) is 0 Å². The predicted octanol–water partition coefficient (Wildman–Crippen LogP) is 2.08. The lowest BCUT2D eigenvalue weighted by molar-refractivity contribution is -0.115. The Balaban J connectivity index is 2.51. The second-order valence-corrected chi connectivity index (χ2v) is 3.36. The lowest BCUT2D eigenvalue weighted by Crippen LogP contribution is -2.03. The molecule has 0 fully saturated rings. The Labute approximate surface area is 79.1 Å². The number of halogens is 1. The molecule has 0 aromatic heterocycles. The maximum Gasteiger partial charge on any atom is 0.228 e. The number of benzene rings is 1. The van der Waals surface area contributed by atoms with Crippen molar-refractivity contribution in [3.05, 3.63) is 29.3 Å². The Morgan fingerprint density at radius 3 is 3.08 bits per heavy atom. The van der Waals surface area contributed by atoms with Gasteiger partial charge in [-0.2, -0.15) is 0 Å². The van der Waals surface area contributed by atoms with Crippen molar-refractivity contribution in [2.75, 3.05) is 5.32 Å². The second-order valence-electron chi connectivity index (χ2n) is 2.80. The summed E-state index contributed by atoms with van der Waals surface area (Å²) >= 11 is 3.39. The third-order valence-corrected chi connectivity index (χ3v) is 2.63. The number of nitrogens with one attached hydrogen (secondary N) is 1. The first-order valence-electron chi connectivity index (χ1n) is 3.78. The van der Waals surface area contributed by atoms with Crippen LogP contribution in [0.1, 0.15) is 11.1 Å². The molecule has 0 saturated carbocycles. The molecule has 1 aliphatic heterocycles. The third kappa shape index (κ3) is 1.14. The van der Waals surface area contributed by atoms with Crippen molar-refractivity contribution in [3.8, 4) is 0 Å². The number of alkyl halides is 1. The molecule has 1 N–H and O–H groups in total. The first-order chi connectivity index (χ1) is 5.81. The quantitative estimate of drug-likeness (QED) is 0.729. The van der Waals surface area contributed by atoms with Crippen LogP contribution in [-0.4, -0.2) is 5.91 Å². The van der Waals surface area contributed by atoms with Gasteiger partial charge in [-0.1, -0.05) is 28.1 Å². The summed E-state index contributed by atoms with van der Waals surface area (Å²) in [4.78, 5) is 11.0. The summed E-state index contributed by atoms with van der Waals surface area (Å²) in [6.45, 7) is 0. The molecule has 1 aromatic carbocycles. The molecule has 0 unspecified atom stereocenters. The third-order valence-electron chi connectivity index (χ3n) is 2.03. The maximum atomic E-state index is 11.0. The fraction of sp³-hybridized carbons (Fsp3) is 0.222. The zero-order valence-corrected chi connectivity index (χ0v) is 8.02.